The monoisotopic (exact) mass is 374 g/mol. The van der Waals surface area contributed by atoms with Gasteiger partial charge in [-0.2, -0.15) is 5.26 Å². The number of nitrogens with one attached hydrogen (secondary N) is 1. The normalized spacial score (nSPS) is 11.1. The maximum absolute atomic E-state index is 12.4. The van der Waals surface area contributed by atoms with Gasteiger partial charge < -0.3 is 10.1 Å². The lowest BCUT2D eigenvalue weighted by molar-refractivity contribution is -0.112. The van der Waals surface area contributed by atoms with Crippen LogP contribution >= 0.6 is 23.2 Å². The fourth-order valence-electron chi connectivity index (χ4n) is 2.04. The van der Waals surface area contributed by atoms with Crippen LogP contribution in [0, 0.1) is 11.3 Å². The van der Waals surface area contributed by atoms with E-state index in [1.165, 1.54) is 12.1 Å². The van der Waals surface area contributed by atoms with Gasteiger partial charge in [-0.3, -0.25) is 4.79 Å². The minimum absolute atomic E-state index is 0.0230. The van der Waals surface area contributed by atoms with Gasteiger partial charge in [0.2, 0.25) is 0 Å². The molecule has 0 aliphatic rings. The zero-order valence-corrected chi connectivity index (χ0v) is 15.2. The molecule has 0 unspecified atom stereocenters. The molecule has 0 aromatic heterocycles. The highest BCUT2D eigenvalue weighted by atomic mass is 35.5. The Morgan fingerprint density at radius 2 is 1.92 bits per heavy atom. The summed E-state index contributed by atoms with van der Waals surface area (Å²) >= 11 is 11.8. The Morgan fingerprint density at radius 3 is 2.56 bits per heavy atom. The van der Waals surface area contributed by atoms with Gasteiger partial charge in [0.25, 0.3) is 5.91 Å². The number of hydrogen-bond donors (Lipinski definition) is 1. The summed E-state index contributed by atoms with van der Waals surface area (Å²) in [4.78, 5) is 12.4. The Bertz CT molecular complexity index is 855. The van der Waals surface area contributed by atoms with Crippen LogP contribution in [0.5, 0.6) is 5.75 Å². The topological polar surface area (TPSA) is 62.1 Å². The van der Waals surface area contributed by atoms with Gasteiger partial charge in [-0.15, -0.1) is 0 Å². The van der Waals surface area contributed by atoms with Crippen molar-refractivity contribution in [3.05, 3.63) is 63.6 Å². The largest absolute Gasteiger partial charge is 0.490 e. The van der Waals surface area contributed by atoms with E-state index in [0.717, 1.165) is 0 Å². The van der Waals surface area contributed by atoms with E-state index in [-0.39, 0.29) is 11.7 Å². The van der Waals surface area contributed by atoms with Gasteiger partial charge >= 0.3 is 0 Å². The second-order valence-electron chi connectivity index (χ2n) is 5.46. The fourth-order valence-corrected chi connectivity index (χ4v) is 2.34. The second kappa shape index (κ2) is 8.57. The third-order valence-electron chi connectivity index (χ3n) is 3.12. The lowest BCUT2D eigenvalue weighted by Crippen LogP contribution is -2.13. The highest BCUT2D eigenvalue weighted by Gasteiger charge is 2.12. The number of ether oxygens (including phenoxy) is 1. The summed E-state index contributed by atoms with van der Waals surface area (Å²) in [7, 11) is 0. The van der Waals surface area contributed by atoms with Crippen LogP contribution < -0.4 is 10.1 Å². The predicted octanol–water partition coefficient (Wildman–Crippen LogP) is 5.33. The first-order valence-corrected chi connectivity index (χ1v) is 8.30. The molecule has 1 N–H and O–H groups in total. The highest BCUT2D eigenvalue weighted by Crippen LogP contribution is 2.26. The lowest BCUT2D eigenvalue weighted by Gasteiger charge is -2.12. The molecule has 0 aliphatic heterocycles. The fraction of sp³-hybridized carbons (Fsp3) is 0.158. The highest BCUT2D eigenvalue weighted by molar-refractivity contribution is 6.42. The third kappa shape index (κ3) is 5.25. The number of rotatable bonds is 5. The Balaban J connectivity index is 2.27. The minimum atomic E-state index is -0.541. The number of nitrogens with zero attached hydrogens (tertiary/aromatic N) is 1. The first-order chi connectivity index (χ1) is 11.9. The molecule has 0 atom stereocenters. The van der Waals surface area contributed by atoms with Gasteiger partial charge in [0.15, 0.2) is 0 Å². The number of nitriles is 1. The van der Waals surface area contributed by atoms with Crippen LogP contribution in [0.15, 0.2) is 48.0 Å². The SMILES string of the molecule is CC(C)Oc1ccccc1/C=C(\C#N)C(=O)Nc1ccc(Cl)c(Cl)c1. The van der Waals surface area contributed by atoms with Crippen LogP contribution in [-0.4, -0.2) is 12.0 Å². The molecule has 0 saturated heterocycles. The summed E-state index contributed by atoms with van der Waals surface area (Å²) in [6, 6.07) is 13.8. The van der Waals surface area contributed by atoms with Crippen molar-refractivity contribution >= 4 is 40.9 Å². The zero-order valence-electron chi connectivity index (χ0n) is 13.7. The molecule has 0 fully saturated rings. The summed E-state index contributed by atoms with van der Waals surface area (Å²) in [5.41, 5.74) is 1.05. The van der Waals surface area contributed by atoms with E-state index < -0.39 is 5.91 Å². The van der Waals surface area contributed by atoms with Crippen LogP contribution in [0.2, 0.25) is 10.0 Å². The molecular formula is C19H16Cl2N2O2. The summed E-state index contributed by atoms with van der Waals surface area (Å²) in [5, 5.41) is 12.7. The summed E-state index contributed by atoms with van der Waals surface area (Å²) in [6.45, 7) is 3.81. The molecule has 2 aromatic carbocycles. The maximum atomic E-state index is 12.4. The van der Waals surface area contributed by atoms with E-state index in [0.29, 0.717) is 27.0 Å². The summed E-state index contributed by atoms with van der Waals surface area (Å²) < 4.78 is 5.70. The maximum Gasteiger partial charge on any atom is 0.266 e. The molecule has 2 rings (SSSR count). The standard InChI is InChI=1S/C19H16Cl2N2O2/c1-12(2)25-18-6-4-3-5-13(18)9-14(11-22)19(24)23-15-7-8-16(20)17(21)10-15/h3-10,12H,1-2H3,(H,23,24)/b14-9+. The van der Waals surface area contributed by atoms with Gasteiger partial charge in [-0.25, -0.2) is 0 Å². The number of hydrogen-bond acceptors (Lipinski definition) is 3. The molecule has 6 heteroatoms. The van der Waals surface area contributed by atoms with Gasteiger partial charge in [0, 0.05) is 11.3 Å². The van der Waals surface area contributed by atoms with Gasteiger partial charge in [0.05, 0.1) is 16.1 Å². The van der Waals surface area contributed by atoms with Crippen molar-refractivity contribution in [2.24, 2.45) is 0 Å². The number of carbonyl (C=O) groups excluding carboxylic acids is 1. The molecule has 0 spiro atoms. The van der Waals surface area contributed by atoms with Crippen molar-refractivity contribution in [1.29, 1.82) is 5.26 Å². The quantitative estimate of drug-likeness (QED) is 0.568. The number of amides is 1. The number of halogens is 2. The van der Waals surface area contributed by atoms with E-state index in [4.69, 9.17) is 27.9 Å². The number of benzene rings is 2. The molecule has 0 bridgehead atoms. The number of anilines is 1. The van der Waals surface area contributed by atoms with E-state index in [9.17, 15) is 10.1 Å². The van der Waals surface area contributed by atoms with Crippen LogP contribution in [0.25, 0.3) is 6.08 Å². The third-order valence-corrected chi connectivity index (χ3v) is 3.86. The molecule has 128 valence electrons. The molecule has 0 saturated carbocycles. The summed E-state index contributed by atoms with van der Waals surface area (Å²) in [5.74, 6) is 0.0628. The van der Waals surface area contributed by atoms with Crippen molar-refractivity contribution in [2.45, 2.75) is 20.0 Å². The van der Waals surface area contributed by atoms with Crippen molar-refractivity contribution < 1.29 is 9.53 Å². The van der Waals surface area contributed by atoms with E-state index >= 15 is 0 Å². The second-order valence-corrected chi connectivity index (χ2v) is 6.27. The molecule has 0 radical (unpaired) electrons. The predicted molar refractivity (Wildman–Crippen MR) is 101 cm³/mol. The van der Waals surface area contributed by atoms with Crippen molar-refractivity contribution in [3.63, 3.8) is 0 Å². The van der Waals surface area contributed by atoms with Crippen LogP contribution in [0.1, 0.15) is 19.4 Å². The van der Waals surface area contributed by atoms with E-state index in [2.05, 4.69) is 5.32 Å². The average Bonchev–Trinajstić information content (AvgIpc) is 2.56. The smallest absolute Gasteiger partial charge is 0.266 e. The summed E-state index contributed by atoms with van der Waals surface area (Å²) in [6.07, 6.45) is 1.47. The Morgan fingerprint density at radius 1 is 1.20 bits per heavy atom. The molecule has 0 aliphatic carbocycles. The van der Waals surface area contributed by atoms with Crippen LogP contribution in [-0.2, 0) is 4.79 Å². The number of carbonyl (C=O) groups is 1. The zero-order chi connectivity index (χ0) is 18.4. The Kier molecular flexibility index (Phi) is 6.46. The number of para-hydroxylation sites is 1. The molecule has 4 nitrogen and oxygen atoms in total. The van der Waals surface area contributed by atoms with Crippen molar-refractivity contribution in [3.8, 4) is 11.8 Å². The first-order valence-electron chi connectivity index (χ1n) is 7.54. The van der Waals surface area contributed by atoms with Crippen LogP contribution in [0.3, 0.4) is 0 Å². The van der Waals surface area contributed by atoms with Crippen molar-refractivity contribution in [1.82, 2.24) is 0 Å². The van der Waals surface area contributed by atoms with Gasteiger partial charge in [-0.05, 0) is 44.2 Å². The van der Waals surface area contributed by atoms with Crippen LogP contribution in [0.4, 0.5) is 5.69 Å². The molecule has 2 aromatic rings. The van der Waals surface area contributed by atoms with E-state index in [1.807, 2.05) is 32.0 Å². The van der Waals surface area contributed by atoms with Gasteiger partial charge in [0.1, 0.15) is 17.4 Å². The molecule has 1 amide bonds. The lowest BCUT2D eigenvalue weighted by atomic mass is 10.1. The molecule has 0 heterocycles. The van der Waals surface area contributed by atoms with E-state index in [1.54, 1.807) is 24.3 Å². The Hall–Kier alpha value is -2.48. The first kappa shape index (κ1) is 18.9. The van der Waals surface area contributed by atoms with Gasteiger partial charge in [-0.1, -0.05) is 41.4 Å². The average molecular weight is 375 g/mol. The Labute approximate surface area is 156 Å². The van der Waals surface area contributed by atoms with Crippen molar-refractivity contribution in [2.75, 3.05) is 5.32 Å². The molecular weight excluding hydrogens is 359 g/mol. The molecule has 25 heavy (non-hydrogen) atoms. The minimum Gasteiger partial charge on any atom is -0.490 e.